The second kappa shape index (κ2) is 10.1. The van der Waals surface area contributed by atoms with E-state index >= 15 is 0 Å². The molecule has 0 aliphatic carbocycles. The SMILES string of the molecule is Fc1ccc2cccc(N3CCc4c(nc(OC[C@@]56CCCN5C[C@H](F)C6)nc4[C@H]4C[C@H]5CC[C@@H](C4)N5)C3)c2c1Br. The van der Waals surface area contributed by atoms with Crippen LogP contribution >= 0.6 is 15.9 Å². The van der Waals surface area contributed by atoms with Crippen LogP contribution in [0.15, 0.2) is 34.8 Å². The van der Waals surface area contributed by atoms with Crippen LogP contribution in [-0.2, 0) is 13.0 Å². The van der Waals surface area contributed by atoms with Crippen molar-refractivity contribution in [3.8, 4) is 6.01 Å². The van der Waals surface area contributed by atoms with Crippen molar-refractivity contribution in [3.63, 3.8) is 0 Å². The molecule has 1 aromatic heterocycles. The second-order valence-electron chi connectivity index (χ2n) is 12.9. The lowest BCUT2D eigenvalue weighted by molar-refractivity contribution is 0.106. The summed E-state index contributed by atoms with van der Waals surface area (Å²) in [5.74, 6) is 0.133. The Morgan fingerprint density at radius 2 is 1.95 bits per heavy atom. The number of ether oxygens (including phenoxy) is 1. The van der Waals surface area contributed by atoms with E-state index in [4.69, 9.17) is 14.7 Å². The molecule has 0 unspecified atom stereocenters. The van der Waals surface area contributed by atoms with E-state index < -0.39 is 6.17 Å². The lowest BCUT2D eigenvalue weighted by Crippen LogP contribution is -2.43. The third kappa shape index (κ3) is 4.54. The summed E-state index contributed by atoms with van der Waals surface area (Å²) < 4.78 is 36.0. The molecule has 0 radical (unpaired) electrons. The van der Waals surface area contributed by atoms with Gasteiger partial charge < -0.3 is 15.0 Å². The fourth-order valence-corrected chi connectivity index (χ4v) is 9.09. The summed E-state index contributed by atoms with van der Waals surface area (Å²) in [7, 11) is 0. The van der Waals surface area contributed by atoms with E-state index in [1.165, 1.54) is 24.5 Å². The van der Waals surface area contributed by atoms with E-state index in [2.05, 4.69) is 37.1 Å². The number of alkyl halides is 1. The maximum absolute atomic E-state index is 14.6. The van der Waals surface area contributed by atoms with Gasteiger partial charge in [0.1, 0.15) is 18.6 Å². The Kier molecular flexibility index (Phi) is 6.49. The van der Waals surface area contributed by atoms with Gasteiger partial charge in [-0.2, -0.15) is 9.97 Å². The monoisotopic (exact) mass is 623 g/mol. The van der Waals surface area contributed by atoms with Crippen molar-refractivity contribution in [3.05, 3.63) is 57.6 Å². The zero-order valence-electron chi connectivity index (χ0n) is 23.2. The van der Waals surface area contributed by atoms with E-state index in [-0.39, 0.29) is 11.4 Å². The van der Waals surface area contributed by atoms with Crippen molar-refractivity contribution < 1.29 is 13.5 Å². The summed E-state index contributed by atoms with van der Waals surface area (Å²) in [6.07, 6.45) is 7.30. The Hall–Kier alpha value is -2.36. The quantitative estimate of drug-likeness (QED) is 0.374. The van der Waals surface area contributed by atoms with Crippen LogP contribution in [-0.4, -0.2) is 64.9 Å². The molecule has 0 spiro atoms. The van der Waals surface area contributed by atoms with Gasteiger partial charge in [0.2, 0.25) is 0 Å². The Bertz CT molecular complexity index is 1490. The molecule has 6 nitrogen and oxygen atoms in total. The van der Waals surface area contributed by atoms with Crippen LogP contribution in [0.25, 0.3) is 10.8 Å². The summed E-state index contributed by atoms with van der Waals surface area (Å²) in [5.41, 5.74) is 4.18. The van der Waals surface area contributed by atoms with Gasteiger partial charge in [-0.25, -0.2) is 8.78 Å². The number of nitrogens with zero attached hydrogens (tertiary/aromatic N) is 4. The molecule has 216 valence electrons. The second-order valence-corrected chi connectivity index (χ2v) is 13.7. The van der Waals surface area contributed by atoms with Crippen LogP contribution in [0.3, 0.4) is 0 Å². The first-order chi connectivity index (χ1) is 20.0. The fourth-order valence-electron chi connectivity index (χ4n) is 8.53. The maximum Gasteiger partial charge on any atom is 0.316 e. The van der Waals surface area contributed by atoms with Crippen molar-refractivity contribution in [2.24, 2.45) is 0 Å². The van der Waals surface area contributed by atoms with Gasteiger partial charge in [-0.15, -0.1) is 0 Å². The molecule has 2 aromatic carbocycles. The Morgan fingerprint density at radius 3 is 2.80 bits per heavy atom. The van der Waals surface area contributed by atoms with Crippen LogP contribution in [0.1, 0.15) is 67.8 Å². The Labute approximate surface area is 248 Å². The smallest absolute Gasteiger partial charge is 0.316 e. The maximum atomic E-state index is 14.6. The molecule has 6 heterocycles. The molecular formula is C32H36BrF2N5O. The Morgan fingerprint density at radius 1 is 1.10 bits per heavy atom. The average Bonchev–Trinajstić information content (AvgIpc) is 3.63. The van der Waals surface area contributed by atoms with Crippen LogP contribution in [0.2, 0.25) is 0 Å². The number of hydrogen-bond donors (Lipinski definition) is 1. The molecular weight excluding hydrogens is 588 g/mol. The highest BCUT2D eigenvalue weighted by Crippen LogP contribution is 2.43. The highest BCUT2D eigenvalue weighted by Gasteiger charge is 2.49. The molecule has 4 fully saturated rings. The molecule has 5 aliphatic heterocycles. The molecule has 8 rings (SSSR count). The van der Waals surface area contributed by atoms with Gasteiger partial charge in [0.05, 0.1) is 27.9 Å². The normalized spacial score (nSPS) is 31.0. The third-order valence-corrected chi connectivity index (χ3v) is 11.2. The third-order valence-electron chi connectivity index (χ3n) is 10.4. The summed E-state index contributed by atoms with van der Waals surface area (Å²) >= 11 is 3.52. The standard InChI is InChI=1S/C32H36BrF2N5O/c33-29-25(35)8-5-19-3-1-4-27(28(19)29)39-12-9-24-26(17-39)37-31(38-30(24)20-13-22-6-7-23(14-20)36-22)41-18-32-10-2-11-40(32)16-21(34)15-32/h1,3-5,8,20-23,36H,2,6-7,9-18H2/t20-,21-,22+,23-,32+/m1/s1. The predicted molar refractivity (Wildman–Crippen MR) is 159 cm³/mol. The first kappa shape index (κ1) is 26.3. The number of hydrogen-bond acceptors (Lipinski definition) is 6. The lowest BCUT2D eigenvalue weighted by Gasteiger charge is -2.35. The van der Waals surface area contributed by atoms with Gasteiger partial charge >= 0.3 is 6.01 Å². The van der Waals surface area contributed by atoms with Crippen LogP contribution in [0.5, 0.6) is 6.01 Å². The zero-order chi connectivity index (χ0) is 27.7. The average molecular weight is 625 g/mol. The van der Waals surface area contributed by atoms with Gasteiger partial charge in [0.15, 0.2) is 0 Å². The summed E-state index contributed by atoms with van der Waals surface area (Å²) in [6.45, 7) is 3.31. The largest absolute Gasteiger partial charge is 0.461 e. The number of nitrogens with one attached hydrogen (secondary N) is 1. The van der Waals surface area contributed by atoms with E-state index in [9.17, 15) is 8.78 Å². The van der Waals surface area contributed by atoms with Crippen molar-refractivity contribution in [1.82, 2.24) is 20.2 Å². The molecule has 2 bridgehead atoms. The molecule has 5 atom stereocenters. The topological polar surface area (TPSA) is 53.5 Å². The van der Waals surface area contributed by atoms with E-state index in [0.29, 0.717) is 54.6 Å². The highest BCUT2D eigenvalue weighted by molar-refractivity contribution is 9.10. The molecule has 41 heavy (non-hydrogen) atoms. The number of aromatic nitrogens is 2. The van der Waals surface area contributed by atoms with Gasteiger partial charge in [-0.1, -0.05) is 18.2 Å². The molecule has 0 amide bonds. The van der Waals surface area contributed by atoms with Crippen LogP contribution < -0.4 is 15.0 Å². The summed E-state index contributed by atoms with van der Waals surface area (Å²) in [5, 5.41) is 5.66. The van der Waals surface area contributed by atoms with Gasteiger partial charge in [0, 0.05) is 48.6 Å². The minimum Gasteiger partial charge on any atom is -0.461 e. The lowest BCUT2D eigenvalue weighted by atomic mass is 9.85. The highest BCUT2D eigenvalue weighted by atomic mass is 79.9. The summed E-state index contributed by atoms with van der Waals surface area (Å²) in [6, 6.07) is 11.0. The number of fused-ring (bicyclic) bond motifs is 5. The fraction of sp³-hybridized carbons (Fsp3) is 0.562. The van der Waals surface area contributed by atoms with Gasteiger partial charge in [0.25, 0.3) is 0 Å². The molecule has 3 aromatic rings. The number of rotatable bonds is 5. The van der Waals surface area contributed by atoms with Crippen molar-refractivity contribution in [1.29, 1.82) is 0 Å². The number of anilines is 1. The van der Waals surface area contributed by atoms with E-state index in [1.807, 2.05) is 18.2 Å². The van der Waals surface area contributed by atoms with Gasteiger partial charge in [-0.3, -0.25) is 4.90 Å². The van der Waals surface area contributed by atoms with Gasteiger partial charge in [-0.05, 0) is 90.5 Å². The molecule has 1 N–H and O–H groups in total. The predicted octanol–water partition coefficient (Wildman–Crippen LogP) is 6.05. The molecule has 0 saturated carbocycles. The Balaban J connectivity index is 1.15. The van der Waals surface area contributed by atoms with Crippen molar-refractivity contribution in [2.75, 3.05) is 31.1 Å². The van der Waals surface area contributed by atoms with E-state index in [1.54, 1.807) is 0 Å². The van der Waals surface area contributed by atoms with Crippen LogP contribution in [0, 0.1) is 5.82 Å². The minimum atomic E-state index is -0.789. The summed E-state index contributed by atoms with van der Waals surface area (Å²) in [4.78, 5) is 14.7. The molecule has 4 saturated heterocycles. The van der Waals surface area contributed by atoms with E-state index in [0.717, 1.165) is 73.0 Å². The van der Waals surface area contributed by atoms with Crippen LogP contribution in [0.4, 0.5) is 14.5 Å². The number of benzene rings is 2. The van der Waals surface area contributed by atoms with Crippen molar-refractivity contribution in [2.45, 2.75) is 87.6 Å². The molecule has 5 aliphatic rings. The number of halogens is 3. The first-order valence-electron chi connectivity index (χ1n) is 15.3. The van der Waals surface area contributed by atoms with Crippen molar-refractivity contribution >= 4 is 32.4 Å². The number of piperidine rings is 1. The molecule has 9 heteroatoms. The minimum absolute atomic E-state index is 0.238. The zero-order valence-corrected chi connectivity index (χ0v) is 24.8. The first-order valence-corrected chi connectivity index (χ1v) is 16.0.